The molecule has 0 unspecified atom stereocenters. The third kappa shape index (κ3) is 3.60. The lowest BCUT2D eigenvalue weighted by Crippen LogP contribution is -2.40. The molecule has 1 aliphatic heterocycles. The van der Waals surface area contributed by atoms with Crippen molar-refractivity contribution in [1.82, 2.24) is 19.2 Å². The van der Waals surface area contributed by atoms with Crippen LogP contribution in [0.4, 0.5) is 0 Å². The molecule has 3 rings (SSSR count). The van der Waals surface area contributed by atoms with Crippen molar-refractivity contribution in [3.63, 3.8) is 0 Å². The summed E-state index contributed by atoms with van der Waals surface area (Å²) < 4.78 is 3.06. The molecule has 0 saturated carbocycles. The van der Waals surface area contributed by atoms with Gasteiger partial charge in [-0.1, -0.05) is 12.1 Å². The van der Waals surface area contributed by atoms with Crippen LogP contribution in [-0.2, 0) is 24.8 Å². The fraction of sp³-hybridized carbons (Fsp3) is 0.500. The van der Waals surface area contributed by atoms with Crippen molar-refractivity contribution in [3.8, 4) is 5.75 Å². The second kappa shape index (κ2) is 7.13. The molecule has 0 radical (unpaired) electrons. The van der Waals surface area contributed by atoms with Crippen molar-refractivity contribution in [2.45, 2.75) is 38.6 Å². The van der Waals surface area contributed by atoms with E-state index in [2.05, 4.69) is 5.10 Å². The lowest BCUT2D eigenvalue weighted by atomic mass is 9.96. The van der Waals surface area contributed by atoms with Crippen LogP contribution in [-0.4, -0.2) is 43.4 Å². The number of benzene rings is 1. The van der Waals surface area contributed by atoms with Gasteiger partial charge in [0, 0.05) is 32.6 Å². The number of phenols is 1. The summed E-state index contributed by atoms with van der Waals surface area (Å²) in [6, 6.07) is 6.72. The van der Waals surface area contributed by atoms with Crippen LogP contribution < -0.4 is 5.69 Å². The van der Waals surface area contributed by atoms with E-state index in [1.165, 1.54) is 4.68 Å². The Morgan fingerprint density at radius 1 is 1.32 bits per heavy atom. The second-order valence-corrected chi connectivity index (χ2v) is 6.53. The van der Waals surface area contributed by atoms with Gasteiger partial charge in [-0.3, -0.25) is 9.36 Å². The number of piperidine rings is 1. The minimum atomic E-state index is -0.106. The van der Waals surface area contributed by atoms with Gasteiger partial charge in [0.1, 0.15) is 11.6 Å². The predicted molar refractivity (Wildman–Crippen MR) is 93.5 cm³/mol. The van der Waals surface area contributed by atoms with E-state index in [4.69, 9.17) is 0 Å². The van der Waals surface area contributed by atoms with Crippen LogP contribution in [0.2, 0.25) is 0 Å². The van der Waals surface area contributed by atoms with E-state index in [1.54, 1.807) is 35.9 Å². The molecule has 7 nitrogen and oxygen atoms in total. The highest BCUT2D eigenvalue weighted by Crippen LogP contribution is 2.25. The van der Waals surface area contributed by atoms with E-state index in [0.29, 0.717) is 19.5 Å². The molecule has 0 aliphatic carbocycles. The topological polar surface area (TPSA) is 80.4 Å². The van der Waals surface area contributed by atoms with Gasteiger partial charge >= 0.3 is 5.69 Å². The molecule has 1 amide bonds. The van der Waals surface area contributed by atoms with Gasteiger partial charge in [0.25, 0.3) is 0 Å². The summed E-state index contributed by atoms with van der Waals surface area (Å²) in [7, 11) is 1.66. The highest BCUT2D eigenvalue weighted by atomic mass is 16.3. The number of aromatic nitrogens is 3. The molecule has 1 aromatic carbocycles. The molecular formula is C18H24N4O3. The first-order valence-electron chi connectivity index (χ1n) is 8.69. The molecule has 25 heavy (non-hydrogen) atoms. The summed E-state index contributed by atoms with van der Waals surface area (Å²) in [5.41, 5.74) is 0.776. The van der Waals surface area contributed by atoms with E-state index in [9.17, 15) is 14.7 Å². The van der Waals surface area contributed by atoms with Crippen molar-refractivity contribution >= 4 is 5.91 Å². The summed E-state index contributed by atoms with van der Waals surface area (Å²) in [6.07, 6.45) is 2.15. The van der Waals surface area contributed by atoms with Crippen LogP contribution in [0.15, 0.2) is 29.1 Å². The Hall–Kier alpha value is -2.57. The maximum Gasteiger partial charge on any atom is 0.345 e. The molecule has 1 fully saturated rings. The Kier molecular flexibility index (Phi) is 4.92. The van der Waals surface area contributed by atoms with E-state index >= 15 is 0 Å². The maximum absolute atomic E-state index is 12.6. The number of phenolic OH excluding ortho intramolecular Hbond substituents is 1. The second-order valence-electron chi connectivity index (χ2n) is 6.53. The third-order valence-electron chi connectivity index (χ3n) is 4.78. The number of likely N-dealkylation sites (tertiary alicyclic amines) is 1. The Labute approximate surface area is 146 Å². The van der Waals surface area contributed by atoms with Crippen molar-refractivity contribution < 1.29 is 9.90 Å². The van der Waals surface area contributed by atoms with Crippen molar-refractivity contribution in [2.75, 3.05) is 13.1 Å². The van der Waals surface area contributed by atoms with Crippen molar-refractivity contribution in [3.05, 3.63) is 46.1 Å². The zero-order valence-electron chi connectivity index (χ0n) is 14.7. The van der Waals surface area contributed by atoms with Crippen LogP contribution in [0, 0.1) is 0 Å². The number of hydrogen-bond acceptors (Lipinski definition) is 4. The molecule has 2 aromatic rings. The number of amides is 1. The fourth-order valence-corrected chi connectivity index (χ4v) is 3.44. The van der Waals surface area contributed by atoms with Crippen LogP contribution in [0.5, 0.6) is 5.75 Å². The molecule has 0 spiro atoms. The van der Waals surface area contributed by atoms with Gasteiger partial charge in [-0.15, -0.1) is 0 Å². The quantitative estimate of drug-likeness (QED) is 0.905. The molecular weight excluding hydrogens is 320 g/mol. The monoisotopic (exact) mass is 344 g/mol. The van der Waals surface area contributed by atoms with Crippen molar-refractivity contribution in [2.24, 2.45) is 7.05 Å². The molecule has 1 aromatic heterocycles. The number of rotatable bonds is 4. The number of aromatic hydroxyl groups is 1. The summed E-state index contributed by atoms with van der Waals surface area (Å²) in [4.78, 5) is 26.6. The first-order valence-corrected chi connectivity index (χ1v) is 8.69. The average Bonchev–Trinajstić information content (AvgIpc) is 2.91. The molecule has 1 atom stereocenters. The highest BCUT2D eigenvalue weighted by Gasteiger charge is 2.28. The smallest absolute Gasteiger partial charge is 0.345 e. The molecule has 1 saturated heterocycles. The summed E-state index contributed by atoms with van der Waals surface area (Å²) in [6.45, 7) is 3.84. The molecule has 1 N–H and O–H groups in total. The molecule has 1 aliphatic rings. The number of hydrogen-bond donors (Lipinski definition) is 1. The Morgan fingerprint density at radius 3 is 2.72 bits per heavy atom. The molecule has 2 heterocycles. The Balaban J connectivity index is 1.72. The number of carbonyl (C=O) groups excluding carboxylic acids is 1. The van der Waals surface area contributed by atoms with E-state index < -0.39 is 0 Å². The lowest BCUT2D eigenvalue weighted by molar-refractivity contribution is -0.131. The van der Waals surface area contributed by atoms with Crippen LogP contribution in [0.3, 0.4) is 0 Å². The Bertz CT molecular complexity index is 807. The lowest BCUT2D eigenvalue weighted by Gasteiger charge is -2.32. The minimum Gasteiger partial charge on any atom is -0.508 e. The zero-order valence-corrected chi connectivity index (χ0v) is 14.7. The SMILES string of the molecule is CCn1c([C@H]2CCCN(C(=O)Cc3ccc(O)cc3)C2)nn(C)c1=O. The largest absolute Gasteiger partial charge is 0.508 e. The van der Waals surface area contributed by atoms with Crippen LogP contribution >= 0.6 is 0 Å². The number of aryl methyl sites for hydroxylation is 1. The molecule has 0 bridgehead atoms. The first-order chi connectivity index (χ1) is 12.0. The van der Waals surface area contributed by atoms with Crippen LogP contribution in [0.1, 0.15) is 37.1 Å². The molecule has 134 valence electrons. The third-order valence-corrected chi connectivity index (χ3v) is 4.78. The summed E-state index contributed by atoms with van der Waals surface area (Å²) in [5.74, 6) is 1.13. The van der Waals surface area contributed by atoms with Crippen LogP contribution in [0.25, 0.3) is 0 Å². The minimum absolute atomic E-state index is 0.0664. The van der Waals surface area contributed by atoms with E-state index in [-0.39, 0.29) is 23.3 Å². The summed E-state index contributed by atoms with van der Waals surface area (Å²) >= 11 is 0. The van der Waals surface area contributed by atoms with Gasteiger partial charge < -0.3 is 10.0 Å². The number of nitrogens with zero attached hydrogens (tertiary/aromatic N) is 4. The normalized spacial score (nSPS) is 17.7. The van der Waals surface area contributed by atoms with Gasteiger partial charge in [0.2, 0.25) is 5.91 Å². The van der Waals surface area contributed by atoms with E-state index in [0.717, 1.165) is 30.8 Å². The highest BCUT2D eigenvalue weighted by molar-refractivity contribution is 5.79. The van der Waals surface area contributed by atoms with E-state index in [1.807, 2.05) is 11.8 Å². The van der Waals surface area contributed by atoms with Gasteiger partial charge in [-0.05, 0) is 37.5 Å². The first kappa shape index (κ1) is 17.3. The van der Waals surface area contributed by atoms with Gasteiger partial charge in [0.15, 0.2) is 0 Å². The zero-order chi connectivity index (χ0) is 18.0. The van der Waals surface area contributed by atoms with Gasteiger partial charge in [-0.25, -0.2) is 9.48 Å². The standard InChI is InChI=1S/C18H24N4O3/c1-3-22-17(19-20(2)18(22)25)14-5-4-10-21(12-14)16(24)11-13-6-8-15(23)9-7-13/h6-9,14,23H,3-5,10-12H2,1-2H3/t14-/m0/s1. The van der Waals surface area contributed by atoms with Crippen molar-refractivity contribution in [1.29, 1.82) is 0 Å². The van der Waals surface area contributed by atoms with Gasteiger partial charge in [-0.2, -0.15) is 5.10 Å². The fourth-order valence-electron chi connectivity index (χ4n) is 3.44. The average molecular weight is 344 g/mol. The number of carbonyl (C=O) groups is 1. The predicted octanol–water partition coefficient (Wildman–Crippen LogP) is 1.26. The maximum atomic E-state index is 12.6. The van der Waals surface area contributed by atoms with Gasteiger partial charge in [0.05, 0.1) is 6.42 Å². The Morgan fingerprint density at radius 2 is 2.04 bits per heavy atom. The summed E-state index contributed by atoms with van der Waals surface area (Å²) in [5, 5.41) is 13.7. The molecule has 7 heteroatoms.